The summed E-state index contributed by atoms with van der Waals surface area (Å²) in [6.45, 7) is 8.36. The molecule has 228 valence electrons. The van der Waals surface area contributed by atoms with E-state index in [4.69, 9.17) is 19.9 Å². The van der Waals surface area contributed by atoms with Crippen molar-refractivity contribution in [3.63, 3.8) is 0 Å². The molecule has 4 N–H and O–H groups in total. The summed E-state index contributed by atoms with van der Waals surface area (Å²) in [6.07, 6.45) is -3.88. The summed E-state index contributed by atoms with van der Waals surface area (Å²) < 4.78 is 45.9. The molecule has 0 saturated carbocycles. The Bertz CT molecular complexity index is 1730. The number of nitrogen functional groups attached to an aromatic ring is 1. The normalized spacial score (nSPS) is 11.6. The molecule has 1 amide bonds. The van der Waals surface area contributed by atoms with Crippen molar-refractivity contribution < 1.29 is 37.7 Å². The summed E-state index contributed by atoms with van der Waals surface area (Å²) in [5, 5.41) is 13.4. The molecule has 0 saturated heterocycles. The van der Waals surface area contributed by atoms with Gasteiger partial charge >= 0.3 is 12.1 Å². The van der Waals surface area contributed by atoms with E-state index < -0.39 is 29.9 Å². The van der Waals surface area contributed by atoms with Crippen LogP contribution in [0.3, 0.4) is 0 Å². The number of hydrogen-bond acceptors (Lipinski definition) is 9. The molecule has 11 nitrogen and oxygen atoms in total. The first-order valence-corrected chi connectivity index (χ1v) is 13.2. The van der Waals surface area contributed by atoms with Crippen molar-refractivity contribution in [2.24, 2.45) is 0 Å². The number of ether oxygens (including phenoxy) is 3. The lowest BCUT2D eigenvalue weighted by Crippen LogP contribution is -2.32. The number of alkyl halides is 2. The van der Waals surface area contributed by atoms with E-state index in [9.17, 15) is 23.5 Å². The van der Waals surface area contributed by atoms with Crippen LogP contribution in [-0.2, 0) is 16.0 Å². The van der Waals surface area contributed by atoms with Gasteiger partial charge in [0.2, 0.25) is 0 Å². The molecular formula is C30H33F2N5O6. The molecular weight excluding hydrogens is 564 g/mol. The van der Waals surface area contributed by atoms with E-state index in [1.54, 1.807) is 46.8 Å². The van der Waals surface area contributed by atoms with Gasteiger partial charge in [-0.3, -0.25) is 4.57 Å². The second kappa shape index (κ2) is 11.7. The number of methoxy groups -OCH3 is 2. The number of halogens is 2. The Kier molecular flexibility index (Phi) is 8.47. The van der Waals surface area contributed by atoms with Gasteiger partial charge in [-0.1, -0.05) is 18.2 Å². The molecule has 13 heteroatoms. The average molecular weight is 598 g/mol. The quantitative estimate of drug-likeness (QED) is 0.226. The Hall–Kier alpha value is -4.94. The van der Waals surface area contributed by atoms with Crippen LogP contribution < -0.4 is 15.8 Å². The largest absolute Gasteiger partial charge is 0.508 e. The number of esters is 1. The van der Waals surface area contributed by atoms with E-state index >= 15 is 0 Å². The van der Waals surface area contributed by atoms with E-state index in [-0.39, 0.29) is 51.5 Å². The number of carbonyl (C=O) groups excluding carboxylic acids is 2. The minimum absolute atomic E-state index is 0.0134. The molecule has 43 heavy (non-hydrogen) atoms. The molecule has 0 aliphatic rings. The van der Waals surface area contributed by atoms with Crippen molar-refractivity contribution in [1.82, 2.24) is 19.9 Å². The number of nitrogens with two attached hydrogens (primary N) is 1. The lowest BCUT2D eigenvalue weighted by Gasteiger charge is -2.20. The van der Waals surface area contributed by atoms with Crippen LogP contribution in [0.1, 0.15) is 60.1 Å². The molecule has 2 aromatic carbocycles. The number of alkyl carbamates (subject to hydrolysis) is 1. The van der Waals surface area contributed by atoms with E-state index in [1.165, 1.54) is 29.9 Å². The van der Waals surface area contributed by atoms with E-state index in [0.29, 0.717) is 22.6 Å². The zero-order chi connectivity index (χ0) is 31.8. The van der Waals surface area contributed by atoms with Gasteiger partial charge in [0.05, 0.1) is 37.5 Å². The van der Waals surface area contributed by atoms with Gasteiger partial charge in [0.1, 0.15) is 28.5 Å². The highest BCUT2D eigenvalue weighted by Crippen LogP contribution is 2.42. The standard InChI is InChI=1S/C30H33F2N5O6/c1-14-11-12-19(41-6)15(2)23(14)37-25(33)21(28(39)42-7)20-22(35-26(24(31)32)36-27(20)37)16-9-8-10-18(38)17(16)13-34-29(40)43-30(3,4)5/h8-12,24,38H,13,33H2,1-7H3,(H,34,40). The number of benzene rings is 2. The van der Waals surface area contributed by atoms with Crippen LogP contribution in [0.4, 0.5) is 19.4 Å². The van der Waals surface area contributed by atoms with Gasteiger partial charge in [-0.15, -0.1) is 0 Å². The minimum Gasteiger partial charge on any atom is -0.508 e. The van der Waals surface area contributed by atoms with Crippen LogP contribution in [0, 0.1) is 13.8 Å². The van der Waals surface area contributed by atoms with Crippen molar-refractivity contribution in [3.05, 3.63) is 58.4 Å². The molecule has 0 aliphatic heterocycles. The van der Waals surface area contributed by atoms with Crippen LogP contribution in [0.5, 0.6) is 11.5 Å². The van der Waals surface area contributed by atoms with Crippen LogP contribution in [0.2, 0.25) is 0 Å². The summed E-state index contributed by atoms with van der Waals surface area (Å²) in [5.74, 6) is -1.59. The Morgan fingerprint density at radius 3 is 2.42 bits per heavy atom. The third-order valence-corrected chi connectivity index (χ3v) is 6.69. The van der Waals surface area contributed by atoms with Crippen molar-refractivity contribution in [2.45, 2.75) is 53.2 Å². The number of aromatic nitrogens is 3. The second-order valence-electron chi connectivity index (χ2n) is 10.7. The number of nitrogens with one attached hydrogen (secondary N) is 1. The molecule has 0 fully saturated rings. The summed E-state index contributed by atoms with van der Waals surface area (Å²) in [6, 6.07) is 7.87. The molecule has 2 heterocycles. The lowest BCUT2D eigenvalue weighted by molar-refractivity contribution is 0.0522. The summed E-state index contributed by atoms with van der Waals surface area (Å²) >= 11 is 0. The maximum absolute atomic E-state index is 14.3. The van der Waals surface area contributed by atoms with Crippen molar-refractivity contribution in [1.29, 1.82) is 0 Å². The molecule has 0 radical (unpaired) electrons. The molecule has 0 spiro atoms. The number of nitrogens with zero attached hydrogens (tertiary/aromatic N) is 3. The molecule has 0 atom stereocenters. The van der Waals surface area contributed by atoms with Crippen molar-refractivity contribution in [3.8, 4) is 28.4 Å². The number of amides is 1. The number of phenols is 1. The fraction of sp³-hybridized carbons (Fsp3) is 0.333. The van der Waals surface area contributed by atoms with Crippen molar-refractivity contribution >= 4 is 28.9 Å². The van der Waals surface area contributed by atoms with Gasteiger partial charge in [0.15, 0.2) is 11.5 Å². The molecule has 4 rings (SSSR count). The van der Waals surface area contributed by atoms with Gasteiger partial charge < -0.3 is 30.4 Å². The predicted octanol–water partition coefficient (Wildman–Crippen LogP) is 5.75. The van der Waals surface area contributed by atoms with Gasteiger partial charge in [-0.2, -0.15) is 0 Å². The molecule has 0 aliphatic carbocycles. The first kappa shape index (κ1) is 31.0. The third kappa shape index (κ3) is 5.87. The maximum atomic E-state index is 14.3. The van der Waals surface area contributed by atoms with Gasteiger partial charge in [-0.25, -0.2) is 28.3 Å². The Morgan fingerprint density at radius 2 is 1.81 bits per heavy atom. The first-order valence-electron chi connectivity index (χ1n) is 13.2. The highest BCUT2D eigenvalue weighted by molar-refractivity contribution is 6.13. The topological polar surface area (TPSA) is 151 Å². The SMILES string of the molecule is COC(=O)c1c(N)n(-c2c(C)ccc(OC)c2C)c2nc(C(F)F)nc(-c3cccc(O)c3CNC(=O)OC(C)(C)C)c12. The lowest BCUT2D eigenvalue weighted by atomic mass is 9.99. The van der Waals surface area contributed by atoms with Gasteiger partial charge in [-0.05, 0) is 52.3 Å². The number of anilines is 1. The number of carbonyl (C=O) groups is 2. The summed E-state index contributed by atoms with van der Waals surface area (Å²) in [5.41, 5.74) is 7.47. The highest BCUT2D eigenvalue weighted by Gasteiger charge is 2.31. The van der Waals surface area contributed by atoms with Crippen LogP contribution in [0.25, 0.3) is 28.0 Å². The fourth-order valence-electron chi connectivity index (χ4n) is 4.88. The van der Waals surface area contributed by atoms with E-state index in [0.717, 1.165) is 7.11 Å². The van der Waals surface area contributed by atoms with Gasteiger partial charge in [0, 0.05) is 16.7 Å². The maximum Gasteiger partial charge on any atom is 0.407 e. The number of hydrogen-bond donors (Lipinski definition) is 3. The van der Waals surface area contributed by atoms with Crippen LogP contribution >= 0.6 is 0 Å². The van der Waals surface area contributed by atoms with Gasteiger partial charge in [0.25, 0.3) is 6.43 Å². The van der Waals surface area contributed by atoms with Crippen LogP contribution in [0.15, 0.2) is 30.3 Å². The number of aryl methyl sites for hydroxylation is 1. The Morgan fingerprint density at radius 1 is 1.12 bits per heavy atom. The highest BCUT2D eigenvalue weighted by atomic mass is 19.3. The summed E-state index contributed by atoms with van der Waals surface area (Å²) in [4.78, 5) is 33.9. The monoisotopic (exact) mass is 597 g/mol. The minimum atomic E-state index is -3.11. The Labute approximate surface area is 246 Å². The number of aromatic hydroxyl groups is 1. The van der Waals surface area contributed by atoms with Crippen LogP contribution in [-0.4, -0.2) is 51.5 Å². The second-order valence-corrected chi connectivity index (χ2v) is 10.7. The fourth-order valence-corrected chi connectivity index (χ4v) is 4.88. The molecule has 2 aromatic heterocycles. The number of fused-ring (bicyclic) bond motifs is 1. The zero-order valence-corrected chi connectivity index (χ0v) is 24.8. The zero-order valence-electron chi connectivity index (χ0n) is 24.8. The molecule has 0 unspecified atom stereocenters. The molecule has 0 bridgehead atoms. The average Bonchev–Trinajstić information content (AvgIpc) is 3.22. The third-order valence-electron chi connectivity index (χ3n) is 6.69. The Balaban J connectivity index is 2.10. The summed E-state index contributed by atoms with van der Waals surface area (Å²) in [7, 11) is 2.65. The van der Waals surface area contributed by atoms with Crippen molar-refractivity contribution in [2.75, 3.05) is 20.0 Å². The predicted molar refractivity (Wildman–Crippen MR) is 156 cm³/mol. The number of phenolic OH excluding ortho intramolecular Hbond substituents is 1. The molecule has 4 aromatic rings. The number of rotatable bonds is 7. The first-order chi connectivity index (χ1) is 20.2. The van der Waals surface area contributed by atoms with E-state index in [2.05, 4.69) is 15.3 Å². The smallest absolute Gasteiger partial charge is 0.407 e. The van der Waals surface area contributed by atoms with E-state index in [1.807, 2.05) is 0 Å².